The van der Waals surface area contributed by atoms with E-state index in [1.807, 2.05) is 55.5 Å². The van der Waals surface area contributed by atoms with Gasteiger partial charge in [0.05, 0.1) is 13.0 Å². The Morgan fingerprint density at radius 3 is 2.35 bits per heavy atom. The molecule has 0 spiro atoms. The van der Waals surface area contributed by atoms with E-state index in [1.165, 1.54) is 0 Å². The third-order valence-corrected chi connectivity index (χ3v) is 3.41. The maximum Gasteiger partial charge on any atom is 0.214 e. The Morgan fingerprint density at radius 1 is 1.15 bits per heavy atom. The van der Waals surface area contributed by atoms with Gasteiger partial charge in [-0.3, -0.25) is 10.1 Å². The lowest BCUT2D eigenvalue weighted by Crippen LogP contribution is -2.15. The Morgan fingerprint density at radius 2 is 1.80 bits per heavy atom. The summed E-state index contributed by atoms with van der Waals surface area (Å²) < 4.78 is 5.13. The summed E-state index contributed by atoms with van der Waals surface area (Å²) in [6.45, 7) is 1.86. The molecule has 104 valence electrons. The van der Waals surface area contributed by atoms with E-state index >= 15 is 0 Å². The summed E-state index contributed by atoms with van der Waals surface area (Å²) in [7, 11) is 1.60. The van der Waals surface area contributed by atoms with E-state index in [2.05, 4.69) is 0 Å². The molecule has 1 atom stereocenters. The number of benzene rings is 2. The van der Waals surface area contributed by atoms with Crippen molar-refractivity contribution in [3.63, 3.8) is 0 Å². The van der Waals surface area contributed by atoms with E-state index in [4.69, 9.17) is 4.74 Å². The highest BCUT2D eigenvalue weighted by molar-refractivity contribution is 5.39. The van der Waals surface area contributed by atoms with Crippen molar-refractivity contribution in [1.29, 1.82) is 0 Å². The molecule has 0 saturated heterocycles. The van der Waals surface area contributed by atoms with Gasteiger partial charge in [0, 0.05) is 4.92 Å². The summed E-state index contributed by atoms with van der Waals surface area (Å²) in [5, 5.41) is 11.0. The van der Waals surface area contributed by atoms with Crippen molar-refractivity contribution in [3.8, 4) is 5.75 Å². The van der Waals surface area contributed by atoms with Gasteiger partial charge in [-0.1, -0.05) is 36.4 Å². The molecule has 2 rings (SSSR count). The third kappa shape index (κ3) is 3.15. The van der Waals surface area contributed by atoms with E-state index in [-0.39, 0.29) is 17.4 Å². The fourth-order valence-corrected chi connectivity index (χ4v) is 2.35. The first kappa shape index (κ1) is 14.1. The first-order chi connectivity index (χ1) is 9.61. The summed E-state index contributed by atoms with van der Waals surface area (Å²) >= 11 is 0. The van der Waals surface area contributed by atoms with Gasteiger partial charge in [0.2, 0.25) is 6.54 Å². The predicted molar refractivity (Wildman–Crippen MR) is 77.9 cm³/mol. The van der Waals surface area contributed by atoms with Gasteiger partial charge >= 0.3 is 0 Å². The van der Waals surface area contributed by atoms with Crippen LogP contribution in [-0.4, -0.2) is 18.6 Å². The summed E-state index contributed by atoms with van der Waals surface area (Å²) in [5.74, 6) is 0.510. The molecule has 2 aromatic rings. The normalized spacial score (nSPS) is 11.9. The van der Waals surface area contributed by atoms with Crippen LogP contribution in [-0.2, 0) is 0 Å². The molecule has 0 unspecified atom stereocenters. The molecule has 0 aliphatic rings. The highest BCUT2D eigenvalue weighted by Gasteiger charge is 2.21. The van der Waals surface area contributed by atoms with Gasteiger partial charge in [0.15, 0.2) is 0 Å². The molecule has 4 heteroatoms. The fourth-order valence-electron chi connectivity index (χ4n) is 2.35. The lowest BCUT2D eigenvalue weighted by atomic mass is 9.88. The van der Waals surface area contributed by atoms with Gasteiger partial charge in [0.25, 0.3) is 0 Å². The zero-order valence-corrected chi connectivity index (χ0v) is 11.6. The minimum atomic E-state index is -0.263. The molecule has 0 fully saturated rings. The molecule has 2 aromatic carbocycles. The van der Waals surface area contributed by atoms with Gasteiger partial charge in [-0.05, 0) is 35.7 Å². The van der Waals surface area contributed by atoms with Crippen molar-refractivity contribution < 1.29 is 9.66 Å². The Labute approximate surface area is 118 Å². The molecule has 0 aliphatic heterocycles. The van der Waals surface area contributed by atoms with Crippen molar-refractivity contribution >= 4 is 0 Å². The molecule has 0 saturated carbocycles. The van der Waals surface area contributed by atoms with Crippen LogP contribution < -0.4 is 4.74 Å². The summed E-state index contributed by atoms with van der Waals surface area (Å²) in [6, 6.07) is 15.2. The number of methoxy groups -OCH3 is 1. The standard InChI is InChI=1S/C16H17NO3/c1-12-5-3-4-6-15(12)16(11-17(18)19)13-7-9-14(20-2)10-8-13/h3-10,16H,11H2,1-2H3/t16-/m1/s1. The van der Waals surface area contributed by atoms with E-state index < -0.39 is 0 Å². The highest BCUT2D eigenvalue weighted by atomic mass is 16.6. The maximum atomic E-state index is 11.0. The molecule has 0 aliphatic carbocycles. The van der Waals surface area contributed by atoms with Crippen LogP contribution in [0.15, 0.2) is 48.5 Å². The van der Waals surface area contributed by atoms with Crippen LogP contribution in [0.5, 0.6) is 5.75 Å². The smallest absolute Gasteiger partial charge is 0.214 e. The van der Waals surface area contributed by atoms with Gasteiger partial charge in [-0.25, -0.2) is 0 Å². The summed E-state index contributed by atoms with van der Waals surface area (Å²) in [6.07, 6.45) is 0. The second-order valence-corrected chi connectivity index (χ2v) is 4.70. The van der Waals surface area contributed by atoms with Crippen molar-refractivity contribution in [2.75, 3.05) is 13.7 Å². The molecule has 0 radical (unpaired) electrons. The number of nitrogens with zero attached hydrogens (tertiary/aromatic N) is 1. The average molecular weight is 271 g/mol. The van der Waals surface area contributed by atoms with Gasteiger partial charge < -0.3 is 4.74 Å². The summed E-state index contributed by atoms with van der Waals surface area (Å²) in [4.78, 5) is 10.7. The molecule has 20 heavy (non-hydrogen) atoms. The molecule has 0 bridgehead atoms. The number of rotatable bonds is 5. The first-order valence-electron chi connectivity index (χ1n) is 6.43. The predicted octanol–water partition coefficient (Wildman–Crippen LogP) is 3.41. The Kier molecular flexibility index (Phi) is 4.35. The zero-order valence-electron chi connectivity index (χ0n) is 11.6. The molecule has 0 amide bonds. The minimum absolute atomic E-state index is 0.114. The first-order valence-corrected chi connectivity index (χ1v) is 6.43. The number of aryl methyl sites for hydroxylation is 1. The molecule has 0 aromatic heterocycles. The third-order valence-electron chi connectivity index (χ3n) is 3.41. The van der Waals surface area contributed by atoms with E-state index in [1.54, 1.807) is 7.11 Å². The second kappa shape index (κ2) is 6.19. The fraction of sp³-hybridized carbons (Fsp3) is 0.250. The van der Waals surface area contributed by atoms with Crippen LogP contribution in [0, 0.1) is 17.0 Å². The van der Waals surface area contributed by atoms with Crippen molar-refractivity contribution in [2.45, 2.75) is 12.8 Å². The number of nitro groups is 1. The van der Waals surface area contributed by atoms with E-state index in [9.17, 15) is 10.1 Å². The number of hydrogen-bond donors (Lipinski definition) is 0. The highest BCUT2D eigenvalue weighted by Crippen LogP contribution is 2.28. The number of hydrogen-bond acceptors (Lipinski definition) is 3. The molecule has 4 nitrogen and oxygen atoms in total. The monoisotopic (exact) mass is 271 g/mol. The zero-order chi connectivity index (χ0) is 14.5. The molecule has 0 N–H and O–H groups in total. The second-order valence-electron chi connectivity index (χ2n) is 4.70. The van der Waals surface area contributed by atoms with Crippen LogP contribution in [0.2, 0.25) is 0 Å². The quantitative estimate of drug-likeness (QED) is 0.618. The van der Waals surface area contributed by atoms with Crippen LogP contribution in [0.4, 0.5) is 0 Å². The summed E-state index contributed by atoms with van der Waals surface area (Å²) in [5.41, 5.74) is 2.99. The topological polar surface area (TPSA) is 52.4 Å². The Hall–Kier alpha value is -2.36. The lowest BCUT2D eigenvalue weighted by molar-refractivity contribution is -0.481. The molecule has 0 heterocycles. The van der Waals surface area contributed by atoms with Gasteiger partial charge in [-0.2, -0.15) is 0 Å². The van der Waals surface area contributed by atoms with Gasteiger partial charge in [-0.15, -0.1) is 0 Å². The maximum absolute atomic E-state index is 11.0. The van der Waals surface area contributed by atoms with Gasteiger partial charge in [0.1, 0.15) is 5.75 Å². The van der Waals surface area contributed by atoms with Crippen molar-refractivity contribution in [3.05, 3.63) is 75.3 Å². The molecular formula is C16H17NO3. The van der Waals surface area contributed by atoms with Crippen LogP contribution >= 0.6 is 0 Å². The Balaban J connectivity index is 2.41. The molecular weight excluding hydrogens is 254 g/mol. The Bertz CT molecular complexity index is 593. The average Bonchev–Trinajstić information content (AvgIpc) is 2.46. The van der Waals surface area contributed by atoms with Crippen molar-refractivity contribution in [1.82, 2.24) is 0 Å². The van der Waals surface area contributed by atoms with Crippen LogP contribution in [0.1, 0.15) is 22.6 Å². The number of ether oxygens (including phenoxy) is 1. The minimum Gasteiger partial charge on any atom is -0.497 e. The van der Waals surface area contributed by atoms with Crippen LogP contribution in [0.3, 0.4) is 0 Å². The van der Waals surface area contributed by atoms with E-state index in [0.717, 1.165) is 22.4 Å². The SMILES string of the molecule is COc1ccc([C@@H](C[N+](=O)[O-])c2ccccc2C)cc1. The van der Waals surface area contributed by atoms with E-state index in [0.29, 0.717) is 0 Å². The van der Waals surface area contributed by atoms with Crippen molar-refractivity contribution in [2.24, 2.45) is 0 Å². The van der Waals surface area contributed by atoms with Crippen LogP contribution in [0.25, 0.3) is 0 Å². The largest absolute Gasteiger partial charge is 0.497 e. The lowest BCUT2D eigenvalue weighted by Gasteiger charge is -2.16.